The van der Waals surface area contributed by atoms with Gasteiger partial charge in [0.05, 0.1) is 6.42 Å². The molecule has 9 heteroatoms. The van der Waals surface area contributed by atoms with E-state index < -0.39 is 34.6 Å². The number of benzene rings is 2. The van der Waals surface area contributed by atoms with Gasteiger partial charge >= 0.3 is 5.97 Å². The molecule has 8 nitrogen and oxygen atoms in total. The number of amides is 1. The summed E-state index contributed by atoms with van der Waals surface area (Å²) < 4.78 is 21.6. The van der Waals surface area contributed by atoms with Gasteiger partial charge in [-0.05, 0) is 42.5 Å². The van der Waals surface area contributed by atoms with Crippen LogP contribution in [0.2, 0.25) is 0 Å². The number of hydrogen-bond donors (Lipinski definition) is 3. The van der Waals surface area contributed by atoms with Crippen LogP contribution in [0.1, 0.15) is 61.6 Å². The first-order valence-electron chi connectivity index (χ1n) is 12.1. The Morgan fingerprint density at radius 2 is 1.76 bits per heavy atom. The van der Waals surface area contributed by atoms with Gasteiger partial charge < -0.3 is 20.3 Å². The molecular weight excluding hydrogens is 477 g/mol. The zero-order valence-corrected chi connectivity index (χ0v) is 21.8. The molecule has 0 saturated carbocycles. The maximum absolute atomic E-state index is 14.6. The number of hydrogen-bond acceptors (Lipinski definition) is 5. The van der Waals surface area contributed by atoms with Crippen molar-refractivity contribution in [1.82, 2.24) is 15.1 Å². The minimum Gasteiger partial charge on any atom is -0.481 e. The molecule has 0 bridgehead atoms. The van der Waals surface area contributed by atoms with Gasteiger partial charge in [0.2, 0.25) is 5.88 Å². The van der Waals surface area contributed by atoms with Crippen molar-refractivity contribution in [1.29, 1.82) is 0 Å². The van der Waals surface area contributed by atoms with Gasteiger partial charge in [0.1, 0.15) is 23.7 Å². The van der Waals surface area contributed by atoms with Gasteiger partial charge in [0.25, 0.3) is 5.91 Å². The Balaban J connectivity index is 1.87. The van der Waals surface area contributed by atoms with E-state index in [1.165, 1.54) is 28.9 Å². The molecule has 1 unspecified atom stereocenters. The number of aryl methyl sites for hydroxylation is 1. The fourth-order valence-corrected chi connectivity index (χ4v) is 3.66. The van der Waals surface area contributed by atoms with E-state index in [1.807, 2.05) is 52.0 Å². The third-order valence-corrected chi connectivity index (χ3v) is 6.67. The lowest BCUT2D eigenvalue weighted by atomic mass is 9.78. The number of ether oxygens (including phenoxy) is 1. The van der Waals surface area contributed by atoms with Crippen molar-refractivity contribution in [3.05, 3.63) is 77.2 Å². The van der Waals surface area contributed by atoms with E-state index in [4.69, 9.17) is 4.74 Å². The number of para-hydroxylation sites is 1. The van der Waals surface area contributed by atoms with Crippen LogP contribution in [0, 0.1) is 18.2 Å². The highest BCUT2D eigenvalue weighted by molar-refractivity contribution is 5.92. The Labute approximate surface area is 216 Å². The van der Waals surface area contributed by atoms with Crippen molar-refractivity contribution >= 4 is 11.9 Å². The number of nitrogens with one attached hydrogen (secondary N) is 1. The maximum atomic E-state index is 14.6. The van der Waals surface area contributed by atoms with Crippen LogP contribution in [0.5, 0.6) is 5.88 Å². The lowest BCUT2D eigenvalue weighted by Crippen LogP contribution is -2.45. The quantitative estimate of drug-likeness (QED) is 0.370. The van der Waals surface area contributed by atoms with Gasteiger partial charge in [-0.1, -0.05) is 57.2 Å². The van der Waals surface area contributed by atoms with Crippen LogP contribution in [-0.2, 0) is 4.79 Å². The first-order chi connectivity index (χ1) is 17.3. The molecule has 0 spiro atoms. The Morgan fingerprint density at radius 1 is 1.11 bits per heavy atom. The number of nitrogens with zero attached hydrogens (tertiary/aromatic N) is 2. The minimum atomic E-state index is -1.22. The molecule has 3 aromatic rings. The first-order valence-corrected chi connectivity index (χ1v) is 12.1. The molecule has 1 amide bonds. The van der Waals surface area contributed by atoms with Crippen molar-refractivity contribution in [3.8, 4) is 11.6 Å². The second-order valence-corrected chi connectivity index (χ2v) is 10.4. The molecule has 2 aromatic carbocycles. The highest BCUT2D eigenvalue weighted by atomic mass is 19.1. The lowest BCUT2D eigenvalue weighted by molar-refractivity contribution is -0.137. The minimum absolute atomic E-state index is 0.0347. The molecule has 0 fully saturated rings. The molecule has 0 aliphatic rings. The van der Waals surface area contributed by atoms with E-state index in [0.29, 0.717) is 0 Å². The summed E-state index contributed by atoms with van der Waals surface area (Å²) in [5, 5.41) is 27.3. The Kier molecular flexibility index (Phi) is 8.38. The van der Waals surface area contributed by atoms with E-state index in [-0.39, 0.29) is 36.8 Å². The topological polar surface area (TPSA) is 114 Å². The smallest absolute Gasteiger partial charge is 0.304 e. The summed E-state index contributed by atoms with van der Waals surface area (Å²) in [5.74, 6) is -2.47. The van der Waals surface area contributed by atoms with Gasteiger partial charge in [-0.2, -0.15) is 9.78 Å². The molecule has 1 heterocycles. The molecular formula is C28H34FN3O5. The monoisotopic (exact) mass is 511 g/mol. The van der Waals surface area contributed by atoms with E-state index in [1.54, 1.807) is 13.0 Å². The summed E-state index contributed by atoms with van der Waals surface area (Å²) in [6, 6.07) is 14.7. The SMILES string of the molecule is Cc1ccccc1C(CNC(=O)c1cc(OC[C@](C)(O)C(C)(C)C)n(-c2ccccc2F)n1)CC(=O)O. The van der Waals surface area contributed by atoms with Gasteiger partial charge in [-0.3, -0.25) is 9.59 Å². The van der Waals surface area contributed by atoms with Gasteiger partial charge in [0.15, 0.2) is 5.69 Å². The van der Waals surface area contributed by atoms with Crippen LogP contribution < -0.4 is 10.1 Å². The Bertz CT molecular complexity index is 1260. The number of halogens is 1. The predicted octanol–water partition coefficient (Wildman–Crippen LogP) is 4.48. The van der Waals surface area contributed by atoms with Crippen LogP contribution in [0.4, 0.5) is 4.39 Å². The van der Waals surface area contributed by atoms with Crippen molar-refractivity contribution in [2.45, 2.75) is 52.6 Å². The Hall–Kier alpha value is -3.72. The molecule has 198 valence electrons. The number of carboxylic acid groups (broad SMARTS) is 1. The molecule has 37 heavy (non-hydrogen) atoms. The van der Waals surface area contributed by atoms with Crippen molar-refractivity contribution in [3.63, 3.8) is 0 Å². The van der Waals surface area contributed by atoms with Crippen LogP contribution in [0.15, 0.2) is 54.6 Å². The lowest BCUT2D eigenvalue weighted by Gasteiger charge is -2.36. The van der Waals surface area contributed by atoms with Gasteiger partial charge in [-0.15, -0.1) is 0 Å². The zero-order valence-electron chi connectivity index (χ0n) is 21.8. The summed E-state index contributed by atoms with van der Waals surface area (Å²) in [6.07, 6.45) is -0.162. The predicted molar refractivity (Wildman–Crippen MR) is 138 cm³/mol. The van der Waals surface area contributed by atoms with Crippen molar-refractivity contribution in [2.75, 3.05) is 13.2 Å². The summed E-state index contributed by atoms with van der Waals surface area (Å²) in [4.78, 5) is 24.5. The second-order valence-electron chi connectivity index (χ2n) is 10.4. The summed E-state index contributed by atoms with van der Waals surface area (Å²) in [7, 11) is 0. The number of rotatable bonds is 10. The second kappa shape index (κ2) is 11.1. The average molecular weight is 512 g/mol. The number of carbonyl (C=O) groups excluding carboxylic acids is 1. The standard InChI is InChI=1S/C28H34FN3O5/c1-18-10-6-7-11-20(18)19(14-25(33)34)16-30-26(35)22-15-24(37-17-28(5,36)27(2,3)4)32(31-22)23-13-9-8-12-21(23)29/h6-13,15,19,36H,14,16-17H2,1-5H3,(H,30,35)(H,33,34)/t19?,28-/m0/s1. The summed E-state index contributed by atoms with van der Waals surface area (Å²) in [5.41, 5.74) is 0.0642. The van der Waals surface area contributed by atoms with E-state index in [9.17, 15) is 24.2 Å². The summed E-state index contributed by atoms with van der Waals surface area (Å²) in [6.45, 7) is 9.07. The summed E-state index contributed by atoms with van der Waals surface area (Å²) >= 11 is 0. The molecule has 0 radical (unpaired) electrons. The fraction of sp³-hybridized carbons (Fsp3) is 0.393. The van der Waals surface area contributed by atoms with E-state index in [2.05, 4.69) is 10.4 Å². The Morgan fingerprint density at radius 3 is 2.38 bits per heavy atom. The average Bonchev–Trinajstić information content (AvgIpc) is 3.24. The molecule has 2 atom stereocenters. The van der Waals surface area contributed by atoms with Gasteiger partial charge in [0, 0.05) is 18.5 Å². The third-order valence-electron chi connectivity index (χ3n) is 6.67. The van der Waals surface area contributed by atoms with Crippen LogP contribution in [-0.4, -0.2) is 50.6 Å². The van der Waals surface area contributed by atoms with Crippen LogP contribution >= 0.6 is 0 Å². The third kappa shape index (κ3) is 6.74. The number of aromatic nitrogens is 2. The molecule has 3 rings (SSSR count). The molecule has 0 aliphatic carbocycles. The highest BCUT2D eigenvalue weighted by Crippen LogP contribution is 2.31. The number of aliphatic carboxylic acids is 1. The van der Waals surface area contributed by atoms with E-state index >= 15 is 0 Å². The van der Waals surface area contributed by atoms with Crippen molar-refractivity contribution < 1.29 is 28.9 Å². The number of aliphatic hydroxyl groups is 1. The number of carboxylic acids is 1. The fourth-order valence-electron chi connectivity index (χ4n) is 3.66. The molecule has 0 aliphatic heterocycles. The highest BCUT2D eigenvalue weighted by Gasteiger charge is 2.36. The zero-order chi connectivity index (χ0) is 27.4. The largest absolute Gasteiger partial charge is 0.481 e. The normalized spacial score (nSPS) is 14.0. The molecule has 3 N–H and O–H groups in total. The first kappa shape index (κ1) is 27.9. The van der Waals surface area contributed by atoms with Gasteiger partial charge in [-0.25, -0.2) is 4.39 Å². The van der Waals surface area contributed by atoms with Crippen LogP contribution in [0.3, 0.4) is 0 Å². The maximum Gasteiger partial charge on any atom is 0.304 e. The molecule has 0 saturated heterocycles. The van der Waals surface area contributed by atoms with Crippen molar-refractivity contribution in [2.24, 2.45) is 5.41 Å². The molecule has 1 aromatic heterocycles. The number of carbonyl (C=O) groups is 2. The van der Waals surface area contributed by atoms with E-state index in [0.717, 1.165) is 11.1 Å². The van der Waals surface area contributed by atoms with Crippen LogP contribution in [0.25, 0.3) is 5.69 Å².